The van der Waals surface area contributed by atoms with Crippen LogP contribution in [0.4, 0.5) is 4.39 Å². The first-order valence-corrected chi connectivity index (χ1v) is 8.71. The van der Waals surface area contributed by atoms with E-state index in [0.717, 1.165) is 16.5 Å². The van der Waals surface area contributed by atoms with Crippen LogP contribution >= 0.6 is 11.6 Å². The fraction of sp³-hybridized carbons (Fsp3) is 0.250. The van der Waals surface area contributed by atoms with Gasteiger partial charge in [0, 0.05) is 28.7 Å². The third-order valence-corrected chi connectivity index (χ3v) is 4.39. The van der Waals surface area contributed by atoms with Crippen molar-refractivity contribution in [2.24, 2.45) is 0 Å². The summed E-state index contributed by atoms with van der Waals surface area (Å²) in [6.07, 6.45) is 2.47. The lowest BCUT2D eigenvalue weighted by molar-refractivity contribution is -0.134. The molecule has 0 saturated carbocycles. The van der Waals surface area contributed by atoms with Gasteiger partial charge in [-0.15, -0.1) is 0 Å². The molecule has 2 aromatic carbocycles. The van der Waals surface area contributed by atoms with E-state index in [1.165, 1.54) is 12.1 Å². The summed E-state index contributed by atoms with van der Waals surface area (Å²) in [7, 11) is 0. The zero-order valence-electron chi connectivity index (χ0n) is 14.6. The number of carbonyl (C=O) groups excluding carboxylic acids is 1. The molecular weight excluding hydrogens is 355 g/mol. The molecule has 0 saturated heterocycles. The van der Waals surface area contributed by atoms with Gasteiger partial charge in [-0.3, -0.25) is 4.79 Å². The Balaban J connectivity index is 1.57. The molecule has 26 heavy (non-hydrogen) atoms. The van der Waals surface area contributed by atoms with Gasteiger partial charge in [0.25, 0.3) is 5.91 Å². The number of hydrogen-bond acceptors (Lipinski definition) is 2. The van der Waals surface area contributed by atoms with Crippen LogP contribution in [0.5, 0.6) is 5.75 Å². The number of nitrogens with one attached hydrogen (secondary N) is 2. The van der Waals surface area contributed by atoms with E-state index < -0.39 is 5.60 Å². The summed E-state index contributed by atoms with van der Waals surface area (Å²) in [5, 5.41) is 4.46. The second-order valence-corrected chi connectivity index (χ2v) is 7.01. The van der Waals surface area contributed by atoms with Crippen molar-refractivity contribution in [3.63, 3.8) is 0 Å². The van der Waals surface area contributed by atoms with Crippen LogP contribution in [-0.4, -0.2) is 23.0 Å². The van der Waals surface area contributed by atoms with Crippen molar-refractivity contribution in [3.8, 4) is 5.75 Å². The van der Waals surface area contributed by atoms with Crippen molar-refractivity contribution in [3.05, 3.63) is 65.1 Å². The quantitative estimate of drug-likeness (QED) is 0.668. The highest BCUT2D eigenvalue weighted by Gasteiger charge is 2.29. The normalized spacial score (nSPS) is 11.5. The maximum absolute atomic E-state index is 13.2. The lowest BCUT2D eigenvalue weighted by atomic mass is 10.1. The molecule has 0 aliphatic heterocycles. The molecule has 3 aromatic rings. The first-order valence-electron chi connectivity index (χ1n) is 8.33. The van der Waals surface area contributed by atoms with Crippen molar-refractivity contribution >= 4 is 28.4 Å². The maximum Gasteiger partial charge on any atom is 0.263 e. The fourth-order valence-corrected chi connectivity index (χ4v) is 2.86. The summed E-state index contributed by atoms with van der Waals surface area (Å²) >= 11 is 5.85. The van der Waals surface area contributed by atoms with E-state index in [2.05, 4.69) is 10.3 Å². The van der Waals surface area contributed by atoms with Crippen molar-refractivity contribution in [1.29, 1.82) is 0 Å². The van der Waals surface area contributed by atoms with E-state index in [0.29, 0.717) is 23.7 Å². The molecule has 1 heterocycles. The first kappa shape index (κ1) is 18.3. The van der Waals surface area contributed by atoms with Crippen LogP contribution in [0.2, 0.25) is 5.02 Å². The molecule has 0 unspecified atom stereocenters. The van der Waals surface area contributed by atoms with E-state index in [9.17, 15) is 9.18 Å². The molecule has 0 radical (unpaired) electrons. The van der Waals surface area contributed by atoms with Gasteiger partial charge in [0.2, 0.25) is 0 Å². The number of aromatic nitrogens is 1. The molecule has 1 aromatic heterocycles. The van der Waals surface area contributed by atoms with Gasteiger partial charge in [-0.25, -0.2) is 4.39 Å². The SMILES string of the molecule is CC(C)(Oc1ccc(Cl)cc1)C(=O)NCCc1c[nH]c2cc(F)ccc12. The molecule has 2 N–H and O–H groups in total. The first-order chi connectivity index (χ1) is 12.3. The lowest BCUT2D eigenvalue weighted by Gasteiger charge is -2.25. The highest BCUT2D eigenvalue weighted by molar-refractivity contribution is 6.30. The summed E-state index contributed by atoms with van der Waals surface area (Å²) in [5.41, 5.74) is 0.756. The lowest BCUT2D eigenvalue weighted by Crippen LogP contribution is -2.47. The fourth-order valence-electron chi connectivity index (χ4n) is 2.73. The Hall–Kier alpha value is -2.53. The molecule has 0 aliphatic rings. The number of H-pyrrole nitrogens is 1. The number of halogens is 2. The number of fused-ring (bicyclic) bond motifs is 1. The summed E-state index contributed by atoms with van der Waals surface area (Å²) in [6, 6.07) is 11.5. The molecule has 3 rings (SSSR count). The van der Waals surface area contributed by atoms with Crippen molar-refractivity contribution in [1.82, 2.24) is 10.3 Å². The molecule has 6 heteroatoms. The van der Waals surface area contributed by atoms with Gasteiger partial charge in [-0.05, 0) is 68.3 Å². The zero-order chi connectivity index (χ0) is 18.7. The van der Waals surface area contributed by atoms with E-state index >= 15 is 0 Å². The van der Waals surface area contributed by atoms with Crippen molar-refractivity contribution < 1.29 is 13.9 Å². The minimum absolute atomic E-state index is 0.210. The minimum Gasteiger partial charge on any atom is -0.478 e. The number of ether oxygens (including phenoxy) is 1. The number of hydrogen-bond donors (Lipinski definition) is 2. The molecule has 4 nitrogen and oxygen atoms in total. The van der Waals surface area contributed by atoms with E-state index in [1.54, 1.807) is 44.2 Å². The van der Waals surface area contributed by atoms with Gasteiger partial charge in [-0.2, -0.15) is 0 Å². The number of amides is 1. The molecular formula is C20H20ClFN2O2. The molecule has 0 aliphatic carbocycles. The van der Waals surface area contributed by atoms with Crippen LogP contribution in [0.1, 0.15) is 19.4 Å². The van der Waals surface area contributed by atoms with Gasteiger partial charge in [0.1, 0.15) is 11.6 Å². The second kappa shape index (κ2) is 7.38. The Morgan fingerprint density at radius 2 is 1.96 bits per heavy atom. The number of aromatic amines is 1. The van der Waals surface area contributed by atoms with Gasteiger partial charge in [-0.1, -0.05) is 11.6 Å². The topological polar surface area (TPSA) is 54.1 Å². The minimum atomic E-state index is -1.02. The molecule has 0 atom stereocenters. The molecule has 1 amide bonds. The monoisotopic (exact) mass is 374 g/mol. The standard InChI is InChI=1S/C20H20ClFN2O2/c1-20(2,26-16-6-3-14(21)4-7-16)19(25)23-10-9-13-12-24-18-11-15(22)5-8-17(13)18/h3-8,11-12,24H,9-10H2,1-2H3,(H,23,25). The average Bonchev–Trinajstić information content (AvgIpc) is 2.99. The molecule has 136 valence electrons. The Morgan fingerprint density at radius 3 is 2.69 bits per heavy atom. The summed E-state index contributed by atoms with van der Waals surface area (Å²) in [6.45, 7) is 3.88. The highest BCUT2D eigenvalue weighted by Crippen LogP contribution is 2.22. The van der Waals surface area contributed by atoms with Gasteiger partial charge >= 0.3 is 0 Å². The number of carbonyl (C=O) groups is 1. The predicted molar refractivity (Wildman–Crippen MR) is 101 cm³/mol. The molecule has 0 bridgehead atoms. The Labute approximate surface area is 156 Å². The summed E-state index contributed by atoms with van der Waals surface area (Å²) in [4.78, 5) is 15.5. The van der Waals surface area contributed by atoms with Crippen LogP contribution in [0.3, 0.4) is 0 Å². The largest absolute Gasteiger partial charge is 0.478 e. The van der Waals surface area contributed by atoms with E-state index in [-0.39, 0.29) is 11.7 Å². The molecule has 0 spiro atoms. The van der Waals surface area contributed by atoms with E-state index in [1.807, 2.05) is 6.20 Å². The maximum atomic E-state index is 13.2. The zero-order valence-corrected chi connectivity index (χ0v) is 15.4. The Kier molecular flexibility index (Phi) is 5.18. The average molecular weight is 375 g/mol. The highest BCUT2D eigenvalue weighted by atomic mass is 35.5. The van der Waals surface area contributed by atoms with Crippen LogP contribution in [-0.2, 0) is 11.2 Å². The number of benzene rings is 2. The van der Waals surface area contributed by atoms with Crippen LogP contribution < -0.4 is 10.1 Å². The van der Waals surface area contributed by atoms with E-state index in [4.69, 9.17) is 16.3 Å². The summed E-state index contributed by atoms with van der Waals surface area (Å²) in [5.74, 6) is 0.0897. The smallest absolute Gasteiger partial charge is 0.263 e. The summed E-state index contributed by atoms with van der Waals surface area (Å²) < 4.78 is 19.0. The predicted octanol–water partition coefficient (Wildman–Crippen LogP) is 4.48. The van der Waals surface area contributed by atoms with Gasteiger partial charge in [0.05, 0.1) is 0 Å². The van der Waals surface area contributed by atoms with Crippen LogP contribution in [0.15, 0.2) is 48.7 Å². The third kappa shape index (κ3) is 4.17. The number of rotatable bonds is 6. The Bertz CT molecular complexity index is 919. The van der Waals surface area contributed by atoms with Crippen LogP contribution in [0.25, 0.3) is 10.9 Å². The second-order valence-electron chi connectivity index (χ2n) is 6.58. The Morgan fingerprint density at radius 1 is 1.23 bits per heavy atom. The van der Waals surface area contributed by atoms with Crippen molar-refractivity contribution in [2.75, 3.05) is 6.54 Å². The third-order valence-electron chi connectivity index (χ3n) is 4.14. The van der Waals surface area contributed by atoms with Gasteiger partial charge in [0.15, 0.2) is 5.60 Å². The van der Waals surface area contributed by atoms with Crippen LogP contribution in [0, 0.1) is 5.82 Å². The molecule has 0 fully saturated rings. The van der Waals surface area contributed by atoms with Gasteiger partial charge < -0.3 is 15.0 Å². The van der Waals surface area contributed by atoms with Crippen molar-refractivity contribution in [2.45, 2.75) is 25.9 Å².